The Morgan fingerprint density at radius 3 is 1.89 bits per heavy atom. The fourth-order valence-corrected chi connectivity index (χ4v) is 6.87. The number of nitrogens with zero attached hydrogens (tertiary/aromatic N) is 3. The average molecular weight is 461 g/mol. The normalized spacial score (nSPS) is 12.7. The topological polar surface area (TPSA) is 12.7 Å². The number of benzene rings is 4. The highest BCUT2D eigenvalue weighted by Crippen LogP contribution is 2.46. The SMILES string of the molecule is Cc1cc2c(cc1-c1cccc[n+]1C)c1cccc3c1n2c1c2cccc4c5ccccc5n(c42)c31. The lowest BCUT2D eigenvalue weighted by molar-refractivity contribution is -0.660. The number of hydrogen-bond donors (Lipinski definition) is 0. The summed E-state index contributed by atoms with van der Waals surface area (Å²) in [6.45, 7) is 2.24. The summed E-state index contributed by atoms with van der Waals surface area (Å²) in [6, 6.07) is 33.6. The summed E-state index contributed by atoms with van der Waals surface area (Å²) in [4.78, 5) is 0. The van der Waals surface area contributed by atoms with Crippen LogP contribution in [-0.4, -0.2) is 8.80 Å². The van der Waals surface area contributed by atoms with Gasteiger partial charge in [0.2, 0.25) is 5.69 Å². The fraction of sp³-hybridized carbons (Fsp3) is 0.0606. The molecule has 0 spiro atoms. The second-order valence-electron chi connectivity index (χ2n) is 10.2. The van der Waals surface area contributed by atoms with Crippen LogP contribution >= 0.6 is 0 Å². The molecule has 3 nitrogen and oxygen atoms in total. The minimum absolute atomic E-state index is 1.24. The zero-order valence-corrected chi connectivity index (χ0v) is 20.1. The number of rotatable bonds is 1. The molecule has 0 amide bonds. The molecule has 0 saturated carbocycles. The van der Waals surface area contributed by atoms with E-state index in [-0.39, 0.29) is 0 Å². The van der Waals surface area contributed by atoms with Gasteiger partial charge >= 0.3 is 0 Å². The van der Waals surface area contributed by atoms with Crippen LogP contribution in [0.25, 0.3) is 76.7 Å². The molecule has 0 aliphatic carbocycles. The largest absolute Gasteiger partial charge is 0.306 e. The number of para-hydroxylation sites is 3. The van der Waals surface area contributed by atoms with Crippen molar-refractivity contribution < 1.29 is 4.57 Å². The lowest BCUT2D eigenvalue weighted by Crippen LogP contribution is -2.30. The van der Waals surface area contributed by atoms with E-state index in [0.29, 0.717) is 0 Å². The average Bonchev–Trinajstić information content (AvgIpc) is 3.61. The van der Waals surface area contributed by atoms with Crippen molar-refractivity contribution >= 4 is 65.4 Å². The van der Waals surface area contributed by atoms with Gasteiger partial charge in [0.05, 0.1) is 33.1 Å². The molecule has 0 atom stereocenters. The van der Waals surface area contributed by atoms with Gasteiger partial charge in [-0.25, -0.2) is 4.57 Å². The Bertz CT molecular complexity index is 2330. The van der Waals surface area contributed by atoms with Gasteiger partial charge in [-0.2, -0.15) is 0 Å². The van der Waals surface area contributed by atoms with Crippen LogP contribution in [0.1, 0.15) is 5.56 Å². The molecule has 168 valence electrons. The number of hydrogen-bond acceptors (Lipinski definition) is 0. The van der Waals surface area contributed by atoms with Gasteiger partial charge in [-0.15, -0.1) is 0 Å². The number of pyridine rings is 1. The molecule has 9 rings (SSSR count). The predicted molar refractivity (Wildman–Crippen MR) is 150 cm³/mol. The Balaban J connectivity index is 1.55. The summed E-state index contributed by atoms with van der Waals surface area (Å²) in [7, 11) is 2.12. The maximum absolute atomic E-state index is 2.54. The van der Waals surface area contributed by atoms with Crippen molar-refractivity contribution in [3.05, 3.63) is 103 Å². The molecule has 36 heavy (non-hydrogen) atoms. The molecule has 0 radical (unpaired) electrons. The van der Waals surface area contributed by atoms with Gasteiger partial charge in [-0.3, -0.25) is 0 Å². The third-order valence-electron chi connectivity index (χ3n) is 8.34. The molecule has 0 fully saturated rings. The van der Waals surface area contributed by atoms with E-state index in [1.54, 1.807) is 0 Å². The molecule has 0 N–H and O–H groups in total. The molecule has 5 heterocycles. The Labute approximate surface area is 206 Å². The molecule has 0 unspecified atom stereocenters. The Kier molecular flexibility index (Phi) is 3.18. The zero-order chi connectivity index (χ0) is 23.7. The molecule has 0 bridgehead atoms. The molecule has 0 aliphatic heterocycles. The second-order valence-corrected chi connectivity index (χ2v) is 10.2. The minimum Gasteiger partial charge on any atom is -0.306 e. The number of fused-ring (bicyclic) bond motifs is 11. The lowest BCUT2D eigenvalue weighted by Gasteiger charge is -2.06. The van der Waals surface area contributed by atoms with Gasteiger partial charge < -0.3 is 8.80 Å². The van der Waals surface area contributed by atoms with Crippen molar-refractivity contribution in [2.24, 2.45) is 7.05 Å². The first-order chi connectivity index (χ1) is 17.7. The van der Waals surface area contributed by atoms with Crippen molar-refractivity contribution in [2.45, 2.75) is 6.92 Å². The van der Waals surface area contributed by atoms with E-state index in [2.05, 4.69) is 125 Å². The lowest BCUT2D eigenvalue weighted by atomic mass is 10.0. The quantitative estimate of drug-likeness (QED) is 0.223. The number of aryl methyl sites for hydroxylation is 2. The van der Waals surface area contributed by atoms with Gasteiger partial charge in [0.25, 0.3) is 0 Å². The minimum atomic E-state index is 1.24. The molecular formula is C33H22N3+. The van der Waals surface area contributed by atoms with Gasteiger partial charge in [0.15, 0.2) is 6.20 Å². The number of aromatic nitrogens is 3. The van der Waals surface area contributed by atoms with Crippen molar-refractivity contribution in [2.75, 3.05) is 0 Å². The maximum atomic E-state index is 2.54. The summed E-state index contributed by atoms with van der Waals surface area (Å²) in [5, 5.41) is 7.94. The van der Waals surface area contributed by atoms with Crippen molar-refractivity contribution in [3.63, 3.8) is 0 Å². The molecule has 3 heteroatoms. The van der Waals surface area contributed by atoms with E-state index in [9.17, 15) is 0 Å². The first kappa shape index (κ1) is 18.7. The van der Waals surface area contributed by atoms with Crippen LogP contribution in [0.4, 0.5) is 0 Å². The van der Waals surface area contributed by atoms with Crippen LogP contribution in [-0.2, 0) is 7.05 Å². The Hall–Kier alpha value is -4.63. The standard InChI is InChI=1S/C33H22N3/c1-19-17-29-26(18-25(19)27-14-5-6-16-34(27)2)22-11-8-13-24-31(22)36(29)33-23-12-7-10-21-20-9-3-4-15-28(20)35(30(21)23)32(24)33/h3-18H,1-2H3/q+1. The summed E-state index contributed by atoms with van der Waals surface area (Å²) < 4.78 is 7.25. The summed E-state index contributed by atoms with van der Waals surface area (Å²) >= 11 is 0. The van der Waals surface area contributed by atoms with E-state index >= 15 is 0 Å². The van der Waals surface area contributed by atoms with Gasteiger partial charge in [-0.05, 0) is 36.8 Å². The molecule has 0 aliphatic rings. The van der Waals surface area contributed by atoms with Crippen LogP contribution in [0, 0.1) is 6.92 Å². The smallest absolute Gasteiger partial charge is 0.212 e. The molecule has 5 aromatic heterocycles. The van der Waals surface area contributed by atoms with Crippen LogP contribution in [0.3, 0.4) is 0 Å². The monoisotopic (exact) mass is 460 g/mol. The van der Waals surface area contributed by atoms with Gasteiger partial charge in [0.1, 0.15) is 7.05 Å². The van der Waals surface area contributed by atoms with E-state index in [1.807, 2.05) is 0 Å². The molecule has 9 aromatic rings. The summed E-state index contributed by atoms with van der Waals surface area (Å²) in [5.41, 5.74) is 11.7. The van der Waals surface area contributed by atoms with Crippen LogP contribution in [0.2, 0.25) is 0 Å². The van der Waals surface area contributed by atoms with Crippen molar-refractivity contribution in [1.82, 2.24) is 8.80 Å². The van der Waals surface area contributed by atoms with E-state index in [1.165, 1.54) is 82.2 Å². The van der Waals surface area contributed by atoms with Crippen LogP contribution in [0.5, 0.6) is 0 Å². The van der Waals surface area contributed by atoms with Crippen LogP contribution < -0.4 is 4.57 Å². The molecule has 0 saturated heterocycles. The van der Waals surface area contributed by atoms with Crippen molar-refractivity contribution in [1.29, 1.82) is 0 Å². The highest BCUT2D eigenvalue weighted by Gasteiger charge is 2.26. The van der Waals surface area contributed by atoms with Crippen molar-refractivity contribution in [3.8, 4) is 11.3 Å². The third-order valence-corrected chi connectivity index (χ3v) is 8.34. The first-order valence-electron chi connectivity index (χ1n) is 12.5. The Morgan fingerprint density at radius 2 is 1.14 bits per heavy atom. The summed E-state index contributed by atoms with van der Waals surface area (Å²) in [5.74, 6) is 0. The van der Waals surface area contributed by atoms with Gasteiger partial charge in [0, 0.05) is 50.0 Å². The van der Waals surface area contributed by atoms with Crippen LogP contribution in [0.15, 0.2) is 97.2 Å². The summed E-state index contributed by atoms with van der Waals surface area (Å²) in [6.07, 6.45) is 2.12. The maximum Gasteiger partial charge on any atom is 0.212 e. The highest BCUT2D eigenvalue weighted by atomic mass is 15.0. The van der Waals surface area contributed by atoms with E-state index in [4.69, 9.17) is 0 Å². The fourth-order valence-electron chi connectivity index (χ4n) is 6.87. The highest BCUT2D eigenvalue weighted by molar-refractivity contribution is 6.31. The predicted octanol–water partition coefficient (Wildman–Crippen LogP) is 7.63. The van der Waals surface area contributed by atoms with Gasteiger partial charge in [-0.1, -0.05) is 54.6 Å². The molecular weight excluding hydrogens is 438 g/mol. The van der Waals surface area contributed by atoms with E-state index < -0.39 is 0 Å². The Morgan fingerprint density at radius 1 is 0.528 bits per heavy atom. The molecule has 4 aromatic carbocycles. The second kappa shape index (κ2) is 6.13. The van der Waals surface area contributed by atoms with E-state index in [0.717, 1.165) is 0 Å². The zero-order valence-electron chi connectivity index (χ0n) is 20.1. The first-order valence-corrected chi connectivity index (χ1v) is 12.5. The third kappa shape index (κ3) is 1.98.